The molecule has 0 saturated heterocycles. The molecule has 2 nitrogen and oxygen atoms in total. The summed E-state index contributed by atoms with van der Waals surface area (Å²) in [6, 6.07) is 4.12. The summed E-state index contributed by atoms with van der Waals surface area (Å²) in [6.07, 6.45) is 1.86. The molecule has 0 bridgehead atoms. The first-order valence-electron chi connectivity index (χ1n) is 4.64. The average Bonchev–Trinajstić information content (AvgIpc) is 2.00. The fraction of sp³-hybridized carbons (Fsp3) is 0.545. The molecule has 1 N–H and O–H groups in total. The van der Waals surface area contributed by atoms with Crippen molar-refractivity contribution in [2.45, 2.75) is 39.8 Å². The first kappa shape index (κ1) is 10.2. The monoisotopic (exact) mass is 178 g/mol. The lowest BCUT2D eigenvalue weighted by Gasteiger charge is -2.20. The Morgan fingerprint density at radius 2 is 2.08 bits per heavy atom. The molecule has 0 atom stereocenters. The van der Waals surface area contributed by atoms with Crippen molar-refractivity contribution in [1.82, 2.24) is 10.3 Å². The van der Waals surface area contributed by atoms with Crippen molar-refractivity contribution in [1.29, 1.82) is 0 Å². The molecule has 13 heavy (non-hydrogen) atoms. The van der Waals surface area contributed by atoms with Gasteiger partial charge in [-0.1, -0.05) is 0 Å². The van der Waals surface area contributed by atoms with Gasteiger partial charge in [-0.25, -0.2) is 0 Å². The SMILES string of the molecule is Cc1ccnc(CNC(C)(C)C)c1. The van der Waals surface area contributed by atoms with Crippen LogP contribution in [0.1, 0.15) is 32.0 Å². The maximum absolute atomic E-state index is 4.28. The first-order valence-corrected chi connectivity index (χ1v) is 4.64. The van der Waals surface area contributed by atoms with Crippen LogP contribution in [0.3, 0.4) is 0 Å². The average molecular weight is 178 g/mol. The number of pyridine rings is 1. The lowest BCUT2D eigenvalue weighted by Crippen LogP contribution is -2.35. The summed E-state index contributed by atoms with van der Waals surface area (Å²) in [5, 5.41) is 3.40. The lowest BCUT2D eigenvalue weighted by atomic mass is 10.1. The molecule has 0 aliphatic heterocycles. The number of aryl methyl sites for hydroxylation is 1. The second kappa shape index (κ2) is 3.88. The van der Waals surface area contributed by atoms with Gasteiger partial charge in [0.2, 0.25) is 0 Å². The minimum Gasteiger partial charge on any atom is -0.306 e. The standard InChI is InChI=1S/C11H18N2/c1-9-5-6-12-10(7-9)8-13-11(2,3)4/h5-7,13H,8H2,1-4H3. The molecule has 1 aromatic heterocycles. The third-order valence-corrected chi connectivity index (χ3v) is 1.77. The maximum Gasteiger partial charge on any atom is 0.0544 e. The van der Waals surface area contributed by atoms with E-state index in [-0.39, 0.29) is 5.54 Å². The lowest BCUT2D eigenvalue weighted by molar-refractivity contribution is 0.421. The van der Waals surface area contributed by atoms with Gasteiger partial charge in [0.25, 0.3) is 0 Å². The minimum absolute atomic E-state index is 0.158. The Bertz CT molecular complexity index is 274. The van der Waals surface area contributed by atoms with Crippen molar-refractivity contribution < 1.29 is 0 Å². The Balaban J connectivity index is 2.55. The van der Waals surface area contributed by atoms with E-state index in [1.165, 1.54) is 5.56 Å². The van der Waals surface area contributed by atoms with Gasteiger partial charge in [-0.15, -0.1) is 0 Å². The van der Waals surface area contributed by atoms with Crippen LogP contribution in [0.25, 0.3) is 0 Å². The fourth-order valence-electron chi connectivity index (χ4n) is 1.05. The Kier molecular flexibility index (Phi) is 3.04. The van der Waals surface area contributed by atoms with E-state index in [9.17, 15) is 0 Å². The smallest absolute Gasteiger partial charge is 0.0544 e. The summed E-state index contributed by atoms with van der Waals surface area (Å²) in [5.74, 6) is 0. The van der Waals surface area contributed by atoms with Crippen LogP contribution in [0.5, 0.6) is 0 Å². The quantitative estimate of drug-likeness (QED) is 0.751. The van der Waals surface area contributed by atoms with Crippen LogP contribution in [0.15, 0.2) is 18.3 Å². The van der Waals surface area contributed by atoms with Crippen molar-refractivity contribution in [2.75, 3.05) is 0 Å². The molecule has 0 saturated carbocycles. The zero-order chi connectivity index (χ0) is 9.90. The van der Waals surface area contributed by atoms with Gasteiger partial charge in [0.15, 0.2) is 0 Å². The molecular formula is C11H18N2. The topological polar surface area (TPSA) is 24.9 Å². The van der Waals surface area contributed by atoms with Crippen LogP contribution in [0.4, 0.5) is 0 Å². The Morgan fingerprint density at radius 1 is 1.38 bits per heavy atom. The molecule has 0 amide bonds. The number of nitrogens with zero attached hydrogens (tertiary/aromatic N) is 1. The van der Waals surface area contributed by atoms with Gasteiger partial charge in [0.1, 0.15) is 0 Å². The summed E-state index contributed by atoms with van der Waals surface area (Å²) >= 11 is 0. The van der Waals surface area contributed by atoms with Gasteiger partial charge in [-0.05, 0) is 45.4 Å². The molecule has 1 aromatic rings. The van der Waals surface area contributed by atoms with E-state index < -0.39 is 0 Å². The molecule has 1 rings (SSSR count). The Labute approximate surface area is 80.4 Å². The first-order chi connectivity index (χ1) is 5.97. The highest BCUT2D eigenvalue weighted by atomic mass is 15.0. The van der Waals surface area contributed by atoms with Crippen LogP contribution >= 0.6 is 0 Å². The molecule has 1 heterocycles. The summed E-state index contributed by atoms with van der Waals surface area (Å²) in [7, 11) is 0. The van der Waals surface area contributed by atoms with Gasteiger partial charge in [0.05, 0.1) is 5.69 Å². The van der Waals surface area contributed by atoms with Gasteiger partial charge in [-0.2, -0.15) is 0 Å². The Hall–Kier alpha value is -0.890. The third-order valence-electron chi connectivity index (χ3n) is 1.77. The van der Waals surface area contributed by atoms with E-state index >= 15 is 0 Å². The molecular weight excluding hydrogens is 160 g/mol. The van der Waals surface area contributed by atoms with Crippen LogP contribution < -0.4 is 5.32 Å². The van der Waals surface area contributed by atoms with E-state index in [0.29, 0.717) is 0 Å². The molecule has 0 aliphatic rings. The predicted molar refractivity (Wildman–Crippen MR) is 55.6 cm³/mol. The van der Waals surface area contributed by atoms with E-state index in [0.717, 1.165) is 12.2 Å². The third kappa shape index (κ3) is 4.04. The second-order valence-electron chi connectivity index (χ2n) is 4.43. The summed E-state index contributed by atoms with van der Waals surface area (Å²) in [5.41, 5.74) is 2.53. The summed E-state index contributed by atoms with van der Waals surface area (Å²) in [6.45, 7) is 9.39. The normalized spacial score (nSPS) is 11.7. The number of aromatic nitrogens is 1. The number of rotatable bonds is 2. The molecule has 0 radical (unpaired) electrons. The van der Waals surface area contributed by atoms with Crippen molar-refractivity contribution in [2.24, 2.45) is 0 Å². The fourth-order valence-corrected chi connectivity index (χ4v) is 1.05. The van der Waals surface area contributed by atoms with E-state index in [1.54, 1.807) is 0 Å². The molecule has 72 valence electrons. The molecule has 0 aliphatic carbocycles. The van der Waals surface area contributed by atoms with E-state index in [2.05, 4.69) is 44.1 Å². The highest BCUT2D eigenvalue weighted by molar-refractivity contribution is 5.14. The van der Waals surface area contributed by atoms with Gasteiger partial charge in [0, 0.05) is 18.3 Å². The molecule has 0 unspecified atom stereocenters. The highest BCUT2D eigenvalue weighted by Crippen LogP contribution is 2.03. The van der Waals surface area contributed by atoms with Crippen LogP contribution in [-0.4, -0.2) is 10.5 Å². The molecule has 0 fully saturated rings. The van der Waals surface area contributed by atoms with Crippen molar-refractivity contribution in [3.63, 3.8) is 0 Å². The second-order valence-corrected chi connectivity index (χ2v) is 4.43. The van der Waals surface area contributed by atoms with Crippen LogP contribution in [0.2, 0.25) is 0 Å². The molecule has 2 heteroatoms. The summed E-state index contributed by atoms with van der Waals surface area (Å²) < 4.78 is 0. The van der Waals surface area contributed by atoms with Crippen molar-refractivity contribution >= 4 is 0 Å². The number of nitrogens with one attached hydrogen (secondary N) is 1. The zero-order valence-electron chi connectivity index (χ0n) is 8.89. The highest BCUT2D eigenvalue weighted by Gasteiger charge is 2.08. The largest absolute Gasteiger partial charge is 0.306 e. The Morgan fingerprint density at radius 3 is 2.62 bits per heavy atom. The van der Waals surface area contributed by atoms with Gasteiger partial charge < -0.3 is 5.32 Å². The van der Waals surface area contributed by atoms with Crippen LogP contribution in [-0.2, 0) is 6.54 Å². The van der Waals surface area contributed by atoms with Crippen molar-refractivity contribution in [3.8, 4) is 0 Å². The molecule has 0 spiro atoms. The zero-order valence-corrected chi connectivity index (χ0v) is 8.89. The van der Waals surface area contributed by atoms with Crippen molar-refractivity contribution in [3.05, 3.63) is 29.6 Å². The number of hydrogen-bond donors (Lipinski definition) is 1. The summed E-state index contributed by atoms with van der Waals surface area (Å²) in [4.78, 5) is 4.28. The van der Waals surface area contributed by atoms with Crippen LogP contribution in [0, 0.1) is 6.92 Å². The minimum atomic E-state index is 0.158. The van der Waals surface area contributed by atoms with Gasteiger partial charge in [-0.3, -0.25) is 4.98 Å². The van der Waals surface area contributed by atoms with E-state index in [1.807, 2.05) is 12.3 Å². The molecule has 0 aromatic carbocycles. The van der Waals surface area contributed by atoms with E-state index in [4.69, 9.17) is 0 Å². The predicted octanol–water partition coefficient (Wildman–Crippen LogP) is 2.28. The maximum atomic E-state index is 4.28. The number of hydrogen-bond acceptors (Lipinski definition) is 2. The van der Waals surface area contributed by atoms with Gasteiger partial charge >= 0.3 is 0 Å².